The van der Waals surface area contributed by atoms with E-state index in [1.807, 2.05) is 25.1 Å². The van der Waals surface area contributed by atoms with Crippen molar-refractivity contribution in [3.63, 3.8) is 0 Å². The molecule has 4 rings (SSSR count). The minimum atomic E-state index is -0.403. The fourth-order valence-electron chi connectivity index (χ4n) is 3.06. The van der Waals surface area contributed by atoms with Crippen molar-refractivity contribution in [3.8, 4) is 11.6 Å². The summed E-state index contributed by atoms with van der Waals surface area (Å²) in [5.74, 6) is 0.108. The summed E-state index contributed by atoms with van der Waals surface area (Å²) in [6, 6.07) is 9.07. The van der Waals surface area contributed by atoms with Crippen LogP contribution in [0, 0.1) is 6.92 Å². The number of nitrogens with zero attached hydrogens (tertiary/aromatic N) is 1. The number of hydrogen-bond acceptors (Lipinski definition) is 4. The number of hydrogen-bond donors (Lipinski definition) is 2. The standard InChI is InChI=1S/C18H14N2O3/c1-9-12-5-6-19-18(23-10(2)21)15(12)8-14-13-7-11(22)3-4-16(13)20-17(9)14/h3-8,20,22H,1-2H3. The van der Waals surface area contributed by atoms with Crippen LogP contribution in [0.25, 0.3) is 32.6 Å². The van der Waals surface area contributed by atoms with Gasteiger partial charge in [0.15, 0.2) is 0 Å². The van der Waals surface area contributed by atoms with Crippen LogP contribution in [0.3, 0.4) is 0 Å². The van der Waals surface area contributed by atoms with Gasteiger partial charge in [-0.25, -0.2) is 4.98 Å². The van der Waals surface area contributed by atoms with Crippen LogP contribution in [0.2, 0.25) is 0 Å². The number of carbonyl (C=O) groups excluding carboxylic acids is 1. The summed E-state index contributed by atoms with van der Waals surface area (Å²) in [6.07, 6.45) is 1.63. The van der Waals surface area contributed by atoms with Gasteiger partial charge in [-0.1, -0.05) is 0 Å². The van der Waals surface area contributed by atoms with E-state index in [4.69, 9.17) is 4.74 Å². The van der Waals surface area contributed by atoms with E-state index in [0.717, 1.165) is 38.1 Å². The van der Waals surface area contributed by atoms with Gasteiger partial charge in [-0.15, -0.1) is 0 Å². The highest BCUT2D eigenvalue weighted by Crippen LogP contribution is 2.36. The van der Waals surface area contributed by atoms with Crippen molar-refractivity contribution in [1.82, 2.24) is 9.97 Å². The number of phenols is 1. The van der Waals surface area contributed by atoms with Crippen molar-refractivity contribution in [1.29, 1.82) is 0 Å². The Kier molecular flexibility index (Phi) is 2.78. The molecule has 0 fully saturated rings. The molecule has 2 N–H and O–H groups in total. The zero-order valence-electron chi connectivity index (χ0n) is 12.7. The van der Waals surface area contributed by atoms with Crippen LogP contribution in [-0.4, -0.2) is 21.0 Å². The first-order valence-electron chi connectivity index (χ1n) is 7.26. The van der Waals surface area contributed by atoms with Crippen LogP contribution >= 0.6 is 0 Å². The maximum Gasteiger partial charge on any atom is 0.309 e. The number of H-pyrrole nitrogens is 1. The Balaban J connectivity index is 2.17. The second-order valence-electron chi connectivity index (χ2n) is 5.58. The highest BCUT2D eigenvalue weighted by Gasteiger charge is 2.14. The molecular weight excluding hydrogens is 292 g/mol. The predicted octanol–water partition coefficient (Wildman–Crippen LogP) is 3.81. The largest absolute Gasteiger partial charge is 0.508 e. The van der Waals surface area contributed by atoms with Crippen LogP contribution in [0.5, 0.6) is 11.6 Å². The van der Waals surface area contributed by atoms with Crippen molar-refractivity contribution < 1.29 is 14.6 Å². The van der Waals surface area contributed by atoms with E-state index in [2.05, 4.69) is 9.97 Å². The minimum absolute atomic E-state index is 0.211. The van der Waals surface area contributed by atoms with Gasteiger partial charge in [0, 0.05) is 34.8 Å². The summed E-state index contributed by atoms with van der Waals surface area (Å²) in [6.45, 7) is 3.37. The van der Waals surface area contributed by atoms with E-state index in [0.29, 0.717) is 5.88 Å². The van der Waals surface area contributed by atoms with Crippen LogP contribution < -0.4 is 4.74 Å². The zero-order chi connectivity index (χ0) is 16.1. The molecule has 0 atom stereocenters. The lowest BCUT2D eigenvalue weighted by Crippen LogP contribution is -2.03. The Hall–Kier alpha value is -3.08. The number of aryl methyl sites for hydroxylation is 1. The van der Waals surface area contributed by atoms with Gasteiger partial charge in [0.1, 0.15) is 5.75 Å². The molecule has 0 saturated heterocycles. The van der Waals surface area contributed by atoms with Gasteiger partial charge in [-0.3, -0.25) is 4.79 Å². The number of nitrogens with one attached hydrogen (secondary N) is 1. The van der Waals surface area contributed by atoms with Gasteiger partial charge in [-0.2, -0.15) is 0 Å². The number of rotatable bonds is 1. The summed E-state index contributed by atoms with van der Waals surface area (Å²) >= 11 is 0. The average Bonchev–Trinajstić information content (AvgIpc) is 2.86. The number of pyridine rings is 1. The first-order chi connectivity index (χ1) is 11.0. The molecule has 0 unspecified atom stereocenters. The van der Waals surface area contributed by atoms with E-state index in [1.165, 1.54) is 6.92 Å². The molecule has 0 aliphatic rings. The molecule has 5 nitrogen and oxygen atoms in total. The number of phenolic OH excluding ortho intramolecular Hbond substituents is 1. The van der Waals surface area contributed by atoms with E-state index in [1.54, 1.807) is 18.3 Å². The van der Waals surface area contributed by atoms with Gasteiger partial charge in [-0.05, 0) is 48.2 Å². The zero-order valence-corrected chi connectivity index (χ0v) is 12.7. The minimum Gasteiger partial charge on any atom is -0.508 e. The second kappa shape index (κ2) is 4.71. The van der Waals surface area contributed by atoms with Crippen LogP contribution in [0.15, 0.2) is 36.5 Å². The third-order valence-corrected chi connectivity index (χ3v) is 4.08. The van der Waals surface area contributed by atoms with E-state index in [-0.39, 0.29) is 5.75 Å². The summed E-state index contributed by atoms with van der Waals surface area (Å²) < 4.78 is 5.23. The normalized spacial score (nSPS) is 11.4. The Labute approximate surface area is 131 Å². The molecule has 0 aliphatic carbocycles. The molecule has 5 heteroatoms. The summed E-state index contributed by atoms with van der Waals surface area (Å²) in [5.41, 5.74) is 2.99. The Morgan fingerprint density at radius 2 is 1.96 bits per heavy atom. The first kappa shape index (κ1) is 13.6. The second-order valence-corrected chi connectivity index (χ2v) is 5.58. The van der Waals surface area contributed by atoms with E-state index < -0.39 is 5.97 Å². The van der Waals surface area contributed by atoms with Gasteiger partial charge >= 0.3 is 5.97 Å². The monoisotopic (exact) mass is 306 g/mol. The average molecular weight is 306 g/mol. The fraction of sp³-hybridized carbons (Fsp3) is 0.111. The maximum atomic E-state index is 11.3. The highest BCUT2D eigenvalue weighted by atomic mass is 16.5. The molecule has 2 aromatic carbocycles. The van der Waals surface area contributed by atoms with Crippen LogP contribution in [0.1, 0.15) is 12.5 Å². The van der Waals surface area contributed by atoms with Crippen molar-refractivity contribution in [2.75, 3.05) is 0 Å². The number of aromatic nitrogens is 2. The number of benzene rings is 2. The maximum absolute atomic E-state index is 11.3. The molecule has 0 bridgehead atoms. The Morgan fingerprint density at radius 1 is 1.13 bits per heavy atom. The predicted molar refractivity (Wildman–Crippen MR) is 88.8 cm³/mol. The van der Waals surface area contributed by atoms with Crippen LogP contribution in [-0.2, 0) is 4.79 Å². The van der Waals surface area contributed by atoms with Gasteiger partial charge in [0.2, 0.25) is 5.88 Å². The van der Waals surface area contributed by atoms with Gasteiger partial charge in [0.05, 0.1) is 5.52 Å². The molecule has 4 aromatic rings. The van der Waals surface area contributed by atoms with E-state index >= 15 is 0 Å². The van der Waals surface area contributed by atoms with Crippen molar-refractivity contribution in [2.45, 2.75) is 13.8 Å². The highest BCUT2D eigenvalue weighted by molar-refractivity contribution is 6.14. The number of esters is 1. The number of carbonyl (C=O) groups is 1. The molecule has 23 heavy (non-hydrogen) atoms. The number of aromatic hydroxyl groups is 1. The van der Waals surface area contributed by atoms with Crippen molar-refractivity contribution >= 4 is 38.5 Å². The van der Waals surface area contributed by atoms with Gasteiger partial charge in [0.25, 0.3) is 0 Å². The topological polar surface area (TPSA) is 75.2 Å². The summed E-state index contributed by atoms with van der Waals surface area (Å²) in [4.78, 5) is 18.9. The molecule has 2 heterocycles. The molecule has 0 saturated carbocycles. The quantitative estimate of drug-likeness (QED) is 0.524. The molecule has 2 aromatic heterocycles. The number of ether oxygens (including phenoxy) is 1. The summed E-state index contributed by atoms with van der Waals surface area (Å²) in [7, 11) is 0. The first-order valence-corrected chi connectivity index (χ1v) is 7.26. The molecule has 0 amide bonds. The van der Waals surface area contributed by atoms with Crippen molar-refractivity contribution in [2.24, 2.45) is 0 Å². The lowest BCUT2D eigenvalue weighted by atomic mass is 10.0. The molecule has 114 valence electrons. The Bertz CT molecular complexity index is 1100. The van der Waals surface area contributed by atoms with Crippen LogP contribution in [0.4, 0.5) is 0 Å². The fourth-order valence-corrected chi connectivity index (χ4v) is 3.06. The Morgan fingerprint density at radius 3 is 2.74 bits per heavy atom. The molecule has 0 radical (unpaired) electrons. The number of aromatic amines is 1. The van der Waals surface area contributed by atoms with Crippen molar-refractivity contribution in [3.05, 3.63) is 42.1 Å². The molecule has 0 aliphatic heterocycles. The SMILES string of the molecule is CC(=O)Oc1nccc2c(C)c3[nH]c4ccc(O)cc4c3cc12. The lowest BCUT2D eigenvalue weighted by Gasteiger charge is -2.08. The smallest absolute Gasteiger partial charge is 0.309 e. The van der Waals surface area contributed by atoms with E-state index in [9.17, 15) is 9.90 Å². The molecular formula is C18H14N2O3. The lowest BCUT2D eigenvalue weighted by molar-refractivity contribution is -0.132. The van der Waals surface area contributed by atoms with Gasteiger partial charge < -0.3 is 14.8 Å². The molecule has 0 spiro atoms. The third kappa shape index (κ3) is 2.01. The number of fused-ring (bicyclic) bond motifs is 4. The third-order valence-electron chi connectivity index (χ3n) is 4.08. The summed E-state index contributed by atoms with van der Waals surface area (Å²) in [5, 5.41) is 13.4.